The lowest BCUT2D eigenvalue weighted by Gasteiger charge is -2.52. The molecule has 3 heteroatoms. The molecule has 1 saturated carbocycles. The third kappa shape index (κ3) is 2.05. The predicted molar refractivity (Wildman–Crippen MR) is 81.7 cm³/mol. The summed E-state index contributed by atoms with van der Waals surface area (Å²) in [6.07, 6.45) is 3.37. The number of nitrogens with one attached hydrogen (secondary N) is 1. The van der Waals surface area contributed by atoms with Crippen LogP contribution in [0.5, 0.6) is 0 Å². The Morgan fingerprint density at radius 2 is 2.05 bits per heavy atom. The summed E-state index contributed by atoms with van der Waals surface area (Å²) in [5.74, 6) is 2.26. The van der Waals surface area contributed by atoms with Gasteiger partial charge in [-0.2, -0.15) is 0 Å². The highest BCUT2D eigenvalue weighted by Crippen LogP contribution is 2.53. The topological polar surface area (TPSA) is 45.8 Å². The maximum atomic E-state index is 12.1. The average molecular weight is 270 g/mol. The number of aromatic amines is 1. The predicted octanol–water partition coefficient (Wildman–Crippen LogP) is 3.54. The number of hydrogen-bond donors (Lipinski definition) is 1. The molecule has 1 heterocycles. The van der Waals surface area contributed by atoms with E-state index in [0.29, 0.717) is 16.7 Å². The average Bonchev–Trinajstić information content (AvgIpc) is 2.43. The first kappa shape index (κ1) is 13.3. The highest BCUT2D eigenvalue weighted by atomic mass is 16.1. The quantitative estimate of drug-likeness (QED) is 0.927. The van der Waals surface area contributed by atoms with Crippen molar-refractivity contribution in [1.82, 2.24) is 9.97 Å². The Hall–Kier alpha value is -1.64. The molecule has 0 amide bonds. The highest BCUT2D eigenvalue weighted by molar-refractivity contribution is 5.77. The van der Waals surface area contributed by atoms with Crippen LogP contribution in [-0.2, 0) is 6.42 Å². The molecule has 1 aliphatic rings. The minimum atomic E-state index is -0.0187. The Balaban J connectivity index is 1.88. The number of para-hydroxylation sites is 1. The van der Waals surface area contributed by atoms with Crippen LogP contribution < -0.4 is 5.56 Å². The van der Waals surface area contributed by atoms with E-state index in [2.05, 4.69) is 30.7 Å². The summed E-state index contributed by atoms with van der Waals surface area (Å²) >= 11 is 0. The van der Waals surface area contributed by atoms with Gasteiger partial charge in [0.15, 0.2) is 0 Å². The number of hydrogen-bond acceptors (Lipinski definition) is 2. The van der Waals surface area contributed by atoms with Gasteiger partial charge in [-0.15, -0.1) is 0 Å². The molecule has 2 unspecified atom stereocenters. The van der Waals surface area contributed by atoms with Crippen molar-refractivity contribution in [3.63, 3.8) is 0 Å². The van der Waals surface area contributed by atoms with Crippen LogP contribution in [0.3, 0.4) is 0 Å². The molecule has 1 fully saturated rings. The van der Waals surface area contributed by atoms with E-state index in [0.717, 1.165) is 23.7 Å². The second-order valence-electron chi connectivity index (χ2n) is 6.59. The van der Waals surface area contributed by atoms with Gasteiger partial charge >= 0.3 is 0 Å². The molecule has 1 aromatic carbocycles. The first-order chi connectivity index (χ1) is 9.52. The molecule has 1 N–H and O–H groups in total. The molecule has 1 aliphatic carbocycles. The van der Waals surface area contributed by atoms with Crippen LogP contribution in [0, 0.1) is 17.3 Å². The van der Waals surface area contributed by atoms with Crippen molar-refractivity contribution in [3.05, 3.63) is 40.4 Å². The molecular weight excluding hydrogens is 248 g/mol. The zero-order valence-corrected chi connectivity index (χ0v) is 12.4. The molecule has 0 bridgehead atoms. The Bertz CT molecular complexity index is 687. The normalized spacial score (nSPS) is 24.6. The van der Waals surface area contributed by atoms with Crippen LogP contribution in [-0.4, -0.2) is 9.97 Å². The van der Waals surface area contributed by atoms with E-state index in [9.17, 15) is 4.79 Å². The molecule has 0 radical (unpaired) electrons. The third-order valence-electron chi connectivity index (χ3n) is 5.27. The molecule has 0 spiro atoms. The Labute approximate surface area is 119 Å². The van der Waals surface area contributed by atoms with Crippen molar-refractivity contribution in [2.75, 3.05) is 0 Å². The van der Waals surface area contributed by atoms with Crippen molar-refractivity contribution in [1.29, 1.82) is 0 Å². The molecule has 2 aromatic rings. The number of fused-ring (bicyclic) bond motifs is 1. The maximum absolute atomic E-state index is 12.1. The van der Waals surface area contributed by atoms with Crippen LogP contribution in [0.15, 0.2) is 29.1 Å². The molecule has 1 aromatic heterocycles. The van der Waals surface area contributed by atoms with Gasteiger partial charge in [0.05, 0.1) is 10.9 Å². The lowest BCUT2D eigenvalue weighted by atomic mass is 9.53. The number of H-pyrrole nitrogens is 1. The maximum Gasteiger partial charge on any atom is 0.258 e. The van der Waals surface area contributed by atoms with Crippen molar-refractivity contribution in [2.45, 2.75) is 40.0 Å². The SMILES string of the molecule is CCC1CC(Cc2nc3ccccc3c(=O)[nH]2)C1(C)C. The van der Waals surface area contributed by atoms with Gasteiger partial charge in [-0.1, -0.05) is 39.3 Å². The van der Waals surface area contributed by atoms with Gasteiger partial charge in [-0.25, -0.2) is 4.98 Å². The van der Waals surface area contributed by atoms with Gasteiger partial charge in [0.1, 0.15) is 5.82 Å². The summed E-state index contributed by atoms with van der Waals surface area (Å²) in [6, 6.07) is 7.54. The monoisotopic (exact) mass is 270 g/mol. The first-order valence-electron chi connectivity index (χ1n) is 7.50. The van der Waals surface area contributed by atoms with E-state index in [1.807, 2.05) is 24.3 Å². The largest absolute Gasteiger partial charge is 0.310 e. The Morgan fingerprint density at radius 3 is 2.75 bits per heavy atom. The fourth-order valence-electron chi connectivity index (χ4n) is 3.63. The summed E-state index contributed by atoms with van der Waals surface area (Å²) in [7, 11) is 0. The van der Waals surface area contributed by atoms with Crippen LogP contribution in [0.4, 0.5) is 0 Å². The van der Waals surface area contributed by atoms with Crippen LogP contribution in [0.2, 0.25) is 0 Å². The molecule has 3 nitrogen and oxygen atoms in total. The summed E-state index contributed by atoms with van der Waals surface area (Å²) in [6.45, 7) is 6.95. The highest BCUT2D eigenvalue weighted by Gasteiger charge is 2.46. The fourth-order valence-corrected chi connectivity index (χ4v) is 3.63. The Morgan fingerprint density at radius 1 is 1.30 bits per heavy atom. The van der Waals surface area contributed by atoms with Gasteiger partial charge in [0.25, 0.3) is 5.56 Å². The van der Waals surface area contributed by atoms with E-state index in [1.54, 1.807) is 0 Å². The van der Waals surface area contributed by atoms with Gasteiger partial charge in [-0.05, 0) is 35.8 Å². The van der Waals surface area contributed by atoms with Gasteiger partial charge in [-0.3, -0.25) is 4.79 Å². The van der Waals surface area contributed by atoms with Crippen LogP contribution in [0.25, 0.3) is 10.9 Å². The zero-order valence-electron chi connectivity index (χ0n) is 12.4. The molecule has 0 aliphatic heterocycles. The lowest BCUT2D eigenvalue weighted by Crippen LogP contribution is -2.45. The summed E-state index contributed by atoms with van der Waals surface area (Å²) < 4.78 is 0. The second kappa shape index (κ2) is 4.72. The van der Waals surface area contributed by atoms with E-state index < -0.39 is 0 Å². The molecule has 2 atom stereocenters. The second-order valence-corrected chi connectivity index (χ2v) is 6.59. The smallest absolute Gasteiger partial charge is 0.258 e. The standard InChI is InChI=1S/C17H22N2O/c1-4-11-9-12(17(11,2)3)10-15-18-14-8-6-5-7-13(14)16(20)19-15/h5-8,11-12H,4,9-10H2,1-3H3,(H,18,19,20). The lowest BCUT2D eigenvalue weighted by molar-refractivity contribution is -0.0229. The molecule has 0 saturated heterocycles. The molecule has 3 rings (SSSR count). The van der Waals surface area contributed by atoms with Gasteiger partial charge in [0.2, 0.25) is 0 Å². The number of rotatable bonds is 3. The zero-order chi connectivity index (χ0) is 14.3. The number of benzene rings is 1. The van der Waals surface area contributed by atoms with Crippen molar-refractivity contribution in [2.24, 2.45) is 17.3 Å². The molecule has 20 heavy (non-hydrogen) atoms. The van der Waals surface area contributed by atoms with Gasteiger partial charge in [0, 0.05) is 6.42 Å². The fraction of sp³-hybridized carbons (Fsp3) is 0.529. The van der Waals surface area contributed by atoms with Gasteiger partial charge < -0.3 is 4.98 Å². The summed E-state index contributed by atoms with van der Waals surface area (Å²) in [5, 5.41) is 0.676. The van der Waals surface area contributed by atoms with E-state index in [4.69, 9.17) is 0 Å². The van der Waals surface area contributed by atoms with Crippen LogP contribution >= 0.6 is 0 Å². The third-order valence-corrected chi connectivity index (χ3v) is 5.27. The first-order valence-corrected chi connectivity index (χ1v) is 7.50. The van der Waals surface area contributed by atoms with E-state index >= 15 is 0 Å². The minimum Gasteiger partial charge on any atom is -0.310 e. The number of nitrogens with zero attached hydrogens (tertiary/aromatic N) is 1. The minimum absolute atomic E-state index is 0.0187. The van der Waals surface area contributed by atoms with Crippen LogP contribution in [0.1, 0.15) is 39.4 Å². The van der Waals surface area contributed by atoms with E-state index in [-0.39, 0.29) is 5.56 Å². The summed E-state index contributed by atoms with van der Waals surface area (Å²) in [4.78, 5) is 19.6. The summed E-state index contributed by atoms with van der Waals surface area (Å²) in [5.41, 5.74) is 1.14. The molecular formula is C17H22N2O. The van der Waals surface area contributed by atoms with Crippen molar-refractivity contribution in [3.8, 4) is 0 Å². The van der Waals surface area contributed by atoms with E-state index in [1.165, 1.54) is 12.8 Å². The molecule has 106 valence electrons. The number of aromatic nitrogens is 2. The Kier molecular flexibility index (Phi) is 3.15. The van der Waals surface area contributed by atoms with Crippen molar-refractivity contribution >= 4 is 10.9 Å². The van der Waals surface area contributed by atoms with Crippen molar-refractivity contribution < 1.29 is 0 Å².